The number of benzene rings is 3. The Morgan fingerprint density at radius 1 is 0.914 bits per heavy atom. The van der Waals surface area contributed by atoms with E-state index in [9.17, 15) is 19.2 Å². The molecule has 3 aromatic carbocycles. The molecule has 0 fully saturated rings. The highest BCUT2D eigenvalue weighted by Crippen LogP contribution is 2.32. The summed E-state index contributed by atoms with van der Waals surface area (Å²) in [5, 5.41) is 2.64. The summed E-state index contributed by atoms with van der Waals surface area (Å²) in [4.78, 5) is 51.9. The molecule has 1 aliphatic heterocycles. The zero-order valence-electron chi connectivity index (χ0n) is 19.3. The Morgan fingerprint density at radius 3 is 2.34 bits per heavy atom. The van der Waals surface area contributed by atoms with Crippen molar-refractivity contribution in [2.24, 2.45) is 0 Å². The molecule has 8 heteroatoms. The number of nitrogens with zero attached hydrogens (tertiary/aromatic N) is 1. The number of ether oxygens (including phenoxy) is 2. The Hall–Kier alpha value is -4.46. The minimum atomic E-state index is -0.782. The SMILES string of the molecule is CCOc1ccccc1NC(=O)COC(=O)c1ccc2c(c1)C(=O)N([C@H](C)c1ccccc1)C2=O. The molecule has 0 radical (unpaired) electrons. The van der Waals surface area contributed by atoms with Crippen molar-refractivity contribution in [3.05, 3.63) is 95.1 Å². The Balaban J connectivity index is 1.43. The number of imide groups is 1. The van der Waals surface area contributed by atoms with E-state index in [1.807, 2.05) is 37.3 Å². The maximum Gasteiger partial charge on any atom is 0.338 e. The number of carbonyl (C=O) groups excluding carboxylic acids is 4. The van der Waals surface area contributed by atoms with Crippen LogP contribution in [0.5, 0.6) is 5.75 Å². The maximum absolute atomic E-state index is 13.0. The molecule has 0 spiro atoms. The third-order valence-corrected chi connectivity index (χ3v) is 5.62. The topological polar surface area (TPSA) is 102 Å². The van der Waals surface area contributed by atoms with E-state index >= 15 is 0 Å². The van der Waals surface area contributed by atoms with Crippen molar-refractivity contribution in [2.45, 2.75) is 19.9 Å². The van der Waals surface area contributed by atoms with E-state index in [-0.39, 0.29) is 16.7 Å². The third-order valence-electron chi connectivity index (χ3n) is 5.62. The van der Waals surface area contributed by atoms with Crippen molar-refractivity contribution >= 4 is 29.4 Å². The highest BCUT2D eigenvalue weighted by molar-refractivity contribution is 6.22. The number of fused-ring (bicyclic) bond motifs is 1. The number of amides is 3. The predicted molar refractivity (Wildman–Crippen MR) is 128 cm³/mol. The van der Waals surface area contributed by atoms with Gasteiger partial charge in [0, 0.05) is 0 Å². The van der Waals surface area contributed by atoms with Gasteiger partial charge in [-0.25, -0.2) is 4.79 Å². The number of hydrogen-bond acceptors (Lipinski definition) is 6. The number of para-hydroxylation sites is 2. The molecule has 1 N–H and O–H groups in total. The molecule has 3 aromatic rings. The fourth-order valence-electron chi connectivity index (χ4n) is 3.87. The first-order valence-electron chi connectivity index (χ1n) is 11.2. The van der Waals surface area contributed by atoms with Gasteiger partial charge in [0.15, 0.2) is 6.61 Å². The lowest BCUT2D eigenvalue weighted by Crippen LogP contribution is -2.32. The molecule has 0 saturated carbocycles. The van der Waals surface area contributed by atoms with E-state index in [4.69, 9.17) is 9.47 Å². The summed E-state index contributed by atoms with van der Waals surface area (Å²) in [6.07, 6.45) is 0. The van der Waals surface area contributed by atoms with Crippen molar-refractivity contribution in [3.8, 4) is 5.75 Å². The second-order valence-electron chi connectivity index (χ2n) is 7.88. The summed E-state index contributed by atoms with van der Waals surface area (Å²) < 4.78 is 10.6. The van der Waals surface area contributed by atoms with Crippen LogP contribution in [0.2, 0.25) is 0 Å². The van der Waals surface area contributed by atoms with Crippen LogP contribution < -0.4 is 10.1 Å². The molecular weight excluding hydrogens is 448 g/mol. The Bertz CT molecular complexity index is 1290. The summed E-state index contributed by atoms with van der Waals surface area (Å²) >= 11 is 0. The van der Waals surface area contributed by atoms with Gasteiger partial charge >= 0.3 is 5.97 Å². The van der Waals surface area contributed by atoms with E-state index in [1.165, 1.54) is 23.1 Å². The van der Waals surface area contributed by atoms with Gasteiger partial charge in [-0.05, 0) is 49.7 Å². The van der Waals surface area contributed by atoms with Crippen molar-refractivity contribution in [1.29, 1.82) is 0 Å². The molecule has 8 nitrogen and oxygen atoms in total. The largest absolute Gasteiger partial charge is 0.492 e. The molecule has 1 heterocycles. The van der Waals surface area contributed by atoms with Gasteiger partial charge < -0.3 is 14.8 Å². The molecule has 0 bridgehead atoms. The number of hydrogen-bond donors (Lipinski definition) is 1. The fourth-order valence-corrected chi connectivity index (χ4v) is 3.87. The van der Waals surface area contributed by atoms with E-state index in [0.717, 1.165) is 5.56 Å². The van der Waals surface area contributed by atoms with E-state index < -0.39 is 36.3 Å². The molecule has 1 atom stereocenters. The van der Waals surface area contributed by atoms with Gasteiger partial charge in [-0.1, -0.05) is 42.5 Å². The van der Waals surface area contributed by atoms with Crippen LogP contribution in [0, 0.1) is 0 Å². The zero-order chi connectivity index (χ0) is 24.9. The second-order valence-corrected chi connectivity index (χ2v) is 7.88. The lowest BCUT2D eigenvalue weighted by molar-refractivity contribution is -0.119. The van der Waals surface area contributed by atoms with Crippen LogP contribution >= 0.6 is 0 Å². The van der Waals surface area contributed by atoms with Gasteiger partial charge in [0.25, 0.3) is 17.7 Å². The van der Waals surface area contributed by atoms with Gasteiger partial charge in [0.1, 0.15) is 5.75 Å². The van der Waals surface area contributed by atoms with E-state index in [2.05, 4.69) is 5.32 Å². The molecule has 35 heavy (non-hydrogen) atoms. The molecule has 178 valence electrons. The lowest BCUT2D eigenvalue weighted by Gasteiger charge is -2.22. The minimum absolute atomic E-state index is 0.0710. The van der Waals surface area contributed by atoms with Gasteiger partial charge in [0.2, 0.25) is 0 Å². The van der Waals surface area contributed by atoms with Crippen LogP contribution in [0.1, 0.15) is 56.5 Å². The van der Waals surface area contributed by atoms with Crippen molar-refractivity contribution in [2.75, 3.05) is 18.5 Å². The zero-order valence-corrected chi connectivity index (χ0v) is 19.3. The quantitative estimate of drug-likeness (QED) is 0.389. The van der Waals surface area contributed by atoms with Gasteiger partial charge in [-0.2, -0.15) is 0 Å². The summed E-state index contributed by atoms with van der Waals surface area (Å²) in [5.41, 5.74) is 1.70. The molecule has 3 amide bonds. The summed E-state index contributed by atoms with van der Waals surface area (Å²) in [7, 11) is 0. The number of esters is 1. The minimum Gasteiger partial charge on any atom is -0.492 e. The van der Waals surface area contributed by atoms with Crippen LogP contribution in [0.4, 0.5) is 5.69 Å². The first-order chi connectivity index (χ1) is 16.9. The predicted octanol–water partition coefficient (Wildman–Crippen LogP) is 4.24. The molecular formula is C27H24N2O6. The Kier molecular flexibility index (Phi) is 6.91. The van der Waals surface area contributed by atoms with Crippen molar-refractivity contribution in [1.82, 2.24) is 4.90 Å². The summed E-state index contributed by atoms with van der Waals surface area (Å²) in [6, 6.07) is 19.8. The Labute approximate surface area is 202 Å². The van der Waals surface area contributed by atoms with Crippen LogP contribution in [0.25, 0.3) is 0 Å². The molecule has 0 unspecified atom stereocenters. The van der Waals surface area contributed by atoms with Gasteiger partial charge in [-0.15, -0.1) is 0 Å². The maximum atomic E-state index is 13.0. The molecule has 1 aliphatic rings. The van der Waals surface area contributed by atoms with Crippen LogP contribution in [-0.2, 0) is 9.53 Å². The number of carbonyl (C=O) groups is 4. The monoisotopic (exact) mass is 472 g/mol. The second kappa shape index (κ2) is 10.2. The smallest absolute Gasteiger partial charge is 0.338 e. The normalized spacial score (nSPS) is 13.3. The van der Waals surface area contributed by atoms with Crippen LogP contribution in [-0.4, -0.2) is 41.8 Å². The molecule has 0 saturated heterocycles. The highest BCUT2D eigenvalue weighted by atomic mass is 16.5. The first-order valence-corrected chi connectivity index (χ1v) is 11.2. The van der Waals surface area contributed by atoms with Gasteiger partial charge in [-0.3, -0.25) is 19.3 Å². The standard InChI is InChI=1S/C27H24N2O6/c1-3-34-23-12-8-7-11-22(23)28-24(30)16-35-27(33)19-13-14-20-21(15-19)26(32)29(25(20)31)17(2)18-9-5-4-6-10-18/h4-15,17H,3,16H2,1-2H3,(H,28,30)/t17-/m1/s1. The van der Waals surface area contributed by atoms with Crippen LogP contribution in [0.3, 0.4) is 0 Å². The number of rotatable bonds is 8. The average molecular weight is 472 g/mol. The average Bonchev–Trinajstić information content (AvgIpc) is 3.13. The number of anilines is 1. The molecule has 4 rings (SSSR count). The fraction of sp³-hybridized carbons (Fsp3) is 0.185. The first kappa shape index (κ1) is 23.7. The van der Waals surface area contributed by atoms with Crippen LogP contribution in [0.15, 0.2) is 72.8 Å². The van der Waals surface area contributed by atoms with Crippen molar-refractivity contribution < 1.29 is 28.7 Å². The molecule has 0 aliphatic carbocycles. The van der Waals surface area contributed by atoms with E-state index in [1.54, 1.807) is 31.2 Å². The van der Waals surface area contributed by atoms with E-state index in [0.29, 0.717) is 18.0 Å². The summed E-state index contributed by atoms with van der Waals surface area (Å²) in [5.74, 6) is -1.72. The number of nitrogens with one attached hydrogen (secondary N) is 1. The van der Waals surface area contributed by atoms with Gasteiger partial charge in [0.05, 0.1) is 35.0 Å². The molecule has 0 aromatic heterocycles. The third kappa shape index (κ3) is 4.91. The van der Waals surface area contributed by atoms with Crippen molar-refractivity contribution in [3.63, 3.8) is 0 Å². The summed E-state index contributed by atoms with van der Waals surface area (Å²) in [6.45, 7) is 3.51. The highest BCUT2D eigenvalue weighted by Gasteiger charge is 2.39. The lowest BCUT2D eigenvalue weighted by atomic mass is 10.1. The Morgan fingerprint density at radius 2 is 1.60 bits per heavy atom.